The Balaban J connectivity index is 1.42. The number of nitrogens with one attached hydrogen (secondary N) is 2. The fourth-order valence-electron chi connectivity index (χ4n) is 3.53. The molecule has 3 heterocycles. The second kappa shape index (κ2) is 8.17. The van der Waals surface area contributed by atoms with E-state index in [1.807, 2.05) is 0 Å². The van der Waals surface area contributed by atoms with E-state index in [9.17, 15) is 9.18 Å². The summed E-state index contributed by atoms with van der Waals surface area (Å²) in [6.45, 7) is 0.767. The van der Waals surface area contributed by atoms with Gasteiger partial charge in [0.05, 0.1) is 31.0 Å². The van der Waals surface area contributed by atoms with Gasteiger partial charge in [0.15, 0.2) is 0 Å². The number of aromatic nitrogens is 2. The molecule has 0 radical (unpaired) electrons. The fraction of sp³-hybridized carbons (Fsp3) is 0.421. The van der Waals surface area contributed by atoms with Crippen LogP contribution in [0.2, 0.25) is 0 Å². The van der Waals surface area contributed by atoms with Crippen LogP contribution in [0.15, 0.2) is 36.5 Å². The Morgan fingerprint density at radius 3 is 2.82 bits per heavy atom. The first-order valence-electron chi connectivity index (χ1n) is 9.01. The van der Waals surface area contributed by atoms with Crippen molar-refractivity contribution in [2.45, 2.75) is 24.3 Å². The quantitative estimate of drug-likeness (QED) is 0.762. The number of hydrogen-bond acceptors (Lipinski definition) is 7. The molecule has 1 aromatic heterocycles. The molecule has 0 saturated carbocycles. The van der Waals surface area contributed by atoms with Crippen molar-refractivity contribution < 1.29 is 23.4 Å². The van der Waals surface area contributed by atoms with Gasteiger partial charge >= 0.3 is 0 Å². The number of carbonyl (C=O) groups is 1. The maximum absolute atomic E-state index is 13.5. The van der Waals surface area contributed by atoms with Gasteiger partial charge in [-0.1, -0.05) is 12.1 Å². The number of nitrogens with zero attached hydrogens (tertiary/aromatic N) is 2. The number of methoxy groups -OCH3 is 1. The SMILES string of the molecule is COCC(=O)N[C@@H]1CO[C@@H]2[C@@H]1OC[C@@H]2Nc1nccc(-c2cccc(F)c2)n1. The average Bonchev–Trinajstić information content (AvgIpc) is 3.26. The minimum absolute atomic E-state index is 0.00369. The van der Waals surface area contributed by atoms with Crippen LogP contribution in [0.3, 0.4) is 0 Å². The molecule has 0 aliphatic carbocycles. The Hall–Kier alpha value is -2.62. The maximum atomic E-state index is 13.5. The van der Waals surface area contributed by atoms with Gasteiger partial charge in [-0.15, -0.1) is 0 Å². The van der Waals surface area contributed by atoms with Crippen LogP contribution in [0.25, 0.3) is 11.3 Å². The number of hydrogen-bond donors (Lipinski definition) is 2. The number of amides is 1. The summed E-state index contributed by atoms with van der Waals surface area (Å²) in [5.41, 5.74) is 1.29. The van der Waals surface area contributed by atoms with Gasteiger partial charge in [-0.05, 0) is 18.2 Å². The van der Waals surface area contributed by atoms with Crippen molar-refractivity contribution in [2.24, 2.45) is 0 Å². The Morgan fingerprint density at radius 2 is 2.04 bits per heavy atom. The smallest absolute Gasteiger partial charge is 0.246 e. The molecule has 9 heteroatoms. The summed E-state index contributed by atoms with van der Waals surface area (Å²) in [5, 5.41) is 6.10. The van der Waals surface area contributed by atoms with E-state index >= 15 is 0 Å². The van der Waals surface area contributed by atoms with Crippen molar-refractivity contribution in [2.75, 3.05) is 32.2 Å². The number of benzene rings is 1. The number of ether oxygens (including phenoxy) is 3. The molecule has 4 rings (SSSR count). The first-order valence-corrected chi connectivity index (χ1v) is 9.01. The van der Waals surface area contributed by atoms with Gasteiger partial charge in [0.25, 0.3) is 0 Å². The molecule has 8 nitrogen and oxygen atoms in total. The Labute approximate surface area is 161 Å². The summed E-state index contributed by atoms with van der Waals surface area (Å²) in [7, 11) is 1.47. The molecule has 4 atom stereocenters. The lowest BCUT2D eigenvalue weighted by Crippen LogP contribution is -2.45. The number of rotatable bonds is 6. The average molecular weight is 388 g/mol. The van der Waals surface area contributed by atoms with Crippen LogP contribution in [-0.2, 0) is 19.0 Å². The minimum atomic E-state index is -0.321. The standard InChI is InChI=1S/C19H21FN4O4/c1-26-10-16(25)22-14-8-27-18-15(9-28-17(14)18)24-19-21-6-5-13(23-19)11-3-2-4-12(20)7-11/h2-7,14-15,17-18H,8-10H2,1H3,(H,22,25)(H,21,23,24)/t14-,15+,17-,18+/m1/s1. The predicted molar refractivity (Wildman–Crippen MR) is 98.1 cm³/mol. The van der Waals surface area contributed by atoms with E-state index in [-0.39, 0.29) is 42.6 Å². The van der Waals surface area contributed by atoms with E-state index in [1.54, 1.807) is 24.4 Å². The fourth-order valence-corrected chi connectivity index (χ4v) is 3.53. The third kappa shape index (κ3) is 3.96. The molecule has 148 valence electrons. The van der Waals surface area contributed by atoms with E-state index in [2.05, 4.69) is 20.6 Å². The summed E-state index contributed by atoms with van der Waals surface area (Å²) in [6.07, 6.45) is 1.14. The van der Waals surface area contributed by atoms with Gasteiger partial charge in [-0.3, -0.25) is 4.79 Å². The zero-order valence-corrected chi connectivity index (χ0v) is 15.3. The highest BCUT2D eigenvalue weighted by molar-refractivity contribution is 5.77. The molecule has 1 amide bonds. The summed E-state index contributed by atoms with van der Waals surface area (Å²) >= 11 is 0. The third-order valence-electron chi connectivity index (χ3n) is 4.77. The van der Waals surface area contributed by atoms with Crippen molar-refractivity contribution in [1.29, 1.82) is 0 Å². The molecule has 2 aromatic rings. The molecule has 1 aromatic carbocycles. The van der Waals surface area contributed by atoms with Gasteiger partial charge in [0, 0.05) is 18.9 Å². The molecule has 2 fully saturated rings. The summed E-state index contributed by atoms with van der Waals surface area (Å²) < 4.78 is 30.0. The van der Waals surface area contributed by atoms with Crippen molar-refractivity contribution in [1.82, 2.24) is 15.3 Å². The molecule has 2 aliphatic rings. The molecular weight excluding hydrogens is 367 g/mol. The highest BCUT2D eigenvalue weighted by atomic mass is 19.1. The largest absolute Gasteiger partial charge is 0.375 e. The molecule has 0 bridgehead atoms. The Kier molecular flexibility index (Phi) is 5.47. The second-order valence-corrected chi connectivity index (χ2v) is 6.73. The molecule has 28 heavy (non-hydrogen) atoms. The number of halogens is 1. The lowest BCUT2D eigenvalue weighted by atomic mass is 10.1. The normalized spacial score (nSPS) is 26.1. The predicted octanol–water partition coefficient (Wildman–Crippen LogP) is 0.992. The number of carbonyl (C=O) groups excluding carboxylic acids is 1. The van der Waals surface area contributed by atoms with Crippen LogP contribution in [0, 0.1) is 5.82 Å². The molecular formula is C19H21FN4O4. The Bertz CT molecular complexity index is 852. The Morgan fingerprint density at radius 1 is 1.25 bits per heavy atom. The van der Waals surface area contributed by atoms with Crippen molar-refractivity contribution >= 4 is 11.9 Å². The lowest BCUT2D eigenvalue weighted by molar-refractivity contribution is -0.126. The van der Waals surface area contributed by atoms with Crippen LogP contribution in [-0.4, -0.2) is 67.1 Å². The second-order valence-electron chi connectivity index (χ2n) is 6.73. The zero-order chi connectivity index (χ0) is 19.5. The van der Waals surface area contributed by atoms with Crippen LogP contribution in [0.4, 0.5) is 10.3 Å². The monoisotopic (exact) mass is 388 g/mol. The van der Waals surface area contributed by atoms with Crippen molar-refractivity contribution in [3.05, 3.63) is 42.3 Å². The van der Waals surface area contributed by atoms with Crippen LogP contribution in [0.1, 0.15) is 0 Å². The van der Waals surface area contributed by atoms with E-state index in [4.69, 9.17) is 14.2 Å². The van der Waals surface area contributed by atoms with Crippen LogP contribution < -0.4 is 10.6 Å². The first-order chi connectivity index (χ1) is 13.6. The molecule has 0 spiro atoms. The minimum Gasteiger partial charge on any atom is -0.375 e. The lowest BCUT2D eigenvalue weighted by Gasteiger charge is -2.18. The topological polar surface area (TPSA) is 94.6 Å². The van der Waals surface area contributed by atoms with E-state index in [0.717, 1.165) is 0 Å². The molecule has 2 N–H and O–H groups in total. The zero-order valence-electron chi connectivity index (χ0n) is 15.3. The number of fused-ring (bicyclic) bond motifs is 1. The summed E-state index contributed by atoms with van der Waals surface area (Å²) in [6, 6.07) is 7.59. The van der Waals surface area contributed by atoms with Gasteiger partial charge < -0.3 is 24.8 Å². The molecule has 0 unspecified atom stereocenters. The van der Waals surface area contributed by atoms with Gasteiger partial charge in [-0.2, -0.15) is 0 Å². The highest BCUT2D eigenvalue weighted by Crippen LogP contribution is 2.29. The summed E-state index contributed by atoms with van der Waals surface area (Å²) in [5.74, 6) is -0.118. The molecule has 2 saturated heterocycles. The summed E-state index contributed by atoms with van der Waals surface area (Å²) in [4.78, 5) is 20.5. The molecule has 2 aliphatic heterocycles. The van der Waals surface area contributed by atoms with E-state index < -0.39 is 0 Å². The highest BCUT2D eigenvalue weighted by Gasteiger charge is 2.48. The maximum Gasteiger partial charge on any atom is 0.246 e. The van der Waals surface area contributed by atoms with Gasteiger partial charge in [0.2, 0.25) is 11.9 Å². The van der Waals surface area contributed by atoms with E-state index in [1.165, 1.54) is 19.2 Å². The first kappa shape index (κ1) is 18.7. The third-order valence-corrected chi connectivity index (χ3v) is 4.77. The van der Waals surface area contributed by atoms with Gasteiger partial charge in [0.1, 0.15) is 24.6 Å². The van der Waals surface area contributed by atoms with Crippen LogP contribution >= 0.6 is 0 Å². The van der Waals surface area contributed by atoms with Crippen LogP contribution in [0.5, 0.6) is 0 Å². The van der Waals surface area contributed by atoms with Gasteiger partial charge in [-0.25, -0.2) is 14.4 Å². The van der Waals surface area contributed by atoms with E-state index in [0.29, 0.717) is 30.4 Å². The van der Waals surface area contributed by atoms with Crippen molar-refractivity contribution in [3.8, 4) is 11.3 Å². The number of anilines is 1. The van der Waals surface area contributed by atoms with Crippen molar-refractivity contribution in [3.63, 3.8) is 0 Å².